The van der Waals surface area contributed by atoms with Gasteiger partial charge in [0, 0.05) is 59.5 Å². The Morgan fingerprint density at radius 3 is 2.07 bits per heavy atom. The van der Waals surface area contributed by atoms with Gasteiger partial charge in [-0.3, -0.25) is 19.3 Å². The molecule has 5 rings (SSSR count). The lowest BCUT2D eigenvalue weighted by molar-refractivity contribution is -0.133. The van der Waals surface area contributed by atoms with Gasteiger partial charge in [-0.2, -0.15) is 0 Å². The highest BCUT2D eigenvalue weighted by atomic mass is 35.5. The van der Waals surface area contributed by atoms with Gasteiger partial charge in [-0.15, -0.1) is 0 Å². The number of primary amides is 2. The molecule has 2 aromatic carbocycles. The molecule has 3 aromatic rings. The zero-order chi connectivity index (χ0) is 31.1. The summed E-state index contributed by atoms with van der Waals surface area (Å²) in [5.41, 5.74) is 12.7. The SMILES string of the molecule is NC(=O)CCc1c(C(=O)N2CCC(C(N)=O)(N3CCC(F)(F)C3)CC2)cc(-c2ccc(Cl)cc2Cl)n1-c1ccc(Cl)cc1. The fourth-order valence-electron chi connectivity index (χ4n) is 6.07. The molecule has 2 aliphatic rings. The molecular formula is C30H30Cl3F2N5O3. The molecule has 0 spiro atoms. The van der Waals surface area contributed by atoms with E-state index in [0.717, 1.165) is 0 Å². The smallest absolute Gasteiger partial charge is 0.261 e. The van der Waals surface area contributed by atoms with Gasteiger partial charge in [-0.05, 0) is 67.8 Å². The van der Waals surface area contributed by atoms with Crippen molar-refractivity contribution < 1.29 is 23.2 Å². The third kappa shape index (κ3) is 6.24. The Kier molecular flexibility index (Phi) is 8.77. The zero-order valence-corrected chi connectivity index (χ0v) is 25.4. The first-order chi connectivity index (χ1) is 20.3. The predicted octanol–water partition coefficient (Wildman–Crippen LogP) is 5.32. The molecule has 2 aliphatic heterocycles. The predicted molar refractivity (Wildman–Crippen MR) is 162 cm³/mol. The van der Waals surface area contributed by atoms with Crippen molar-refractivity contribution in [3.63, 3.8) is 0 Å². The number of nitrogens with two attached hydrogens (primary N) is 2. The molecule has 8 nitrogen and oxygen atoms in total. The lowest BCUT2D eigenvalue weighted by Crippen LogP contribution is -2.62. The molecule has 0 unspecified atom stereocenters. The summed E-state index contributed by atoms with van der Waals surface area (Å²) >= 11 is 18.9. The molecule has 0 radical (unpaired) electrons. The summed E-state index contributed by atoms with van der Waals surface area (Å²) in [6.45, 7) is -0.239. The lowest BCUT2D eigenvalue weighted by Gasteiger charge is -2.45. The van der Waals surface area contributed by atoms with E-state index in [2.05, 4.69) is 0 Å². The second-order valence-electron chi connectivity index (χ2n) is 11.0. The van der Waals surface area contributed by atoms with E-state index >= 15 is 0 Å². The number of benzene rings is 2. The maximum absolute atomic E-state index is 14.2. The molecule has 0 aliphatic carbocycles. The molecule has 0 saturated carbocycles. The van der Waals surface area contributed by atoms with E-state index in [0.29, 0.717) is 43.3 Å². The van der Waals surface area contributed by atoms with E-state index in [-0.39, 0.29) is 57.6 Å². The topological polar surface area (TPSA) is 115 Å². The normalized spacial score (nSPS) is 18.1. The van der Waals surface area contributed by atoms with Gasteiger partial charge >= 0.3 is 0 Å². The van der Waals surface area contributed by atoms with Crippen LogP contribution in [0.25, 0.3) is 16.9 Å². The average molecular weight is 653 g/mol. The van der Waals surface area contributed by atoms with Crippen molar-refractivity contribution in [2.45, 2.75) is 43.6 Å². The van der Waals surface area contributed by atoms with Crippen molar-refractivity contribution in [2.24, 2.45) is 11.5 Å². The Hall–Kier alpha value is -3.18. The van der Waals surface area contributed by atoms with Gasteiger partial charge in [0.2, 0.25) is 11.8 Å². The number of hydrogen-bond acceptors (Lipinski definition) is 4. The van der Waals surface area contributed by atoms with Crippen LogP contribution in [0.2, 0.25) is 15.1 Å². The van der Waals surface area contributed by atoms with Crippen LogP contribution in [0, 0.1) is 0 Å². The number of carbonyl (C=O) groups excluding carboxylic acids is 3. The number of carbonyl (C=O) groups is 3. The molecule has 3 amide bonds. The number of hydrogen-bond donors (Lipinski definition) is 2. The molecule has 1 aromatic heterocycles. The third-order valence-corrected chi connectivity index (χ3v) is 9.14. The third-order valence-electron chi connectivity index (χ3n) is 8.34. The van der Waals surface area contributed by atoms with E-state index in [1.165, 1.54) is 4.90 Å². The van der Waals surface area contributed by atoms with Crippen LogP contribution in [0.1, 0.15) is 41.7 Å². The van der Waals surface area contributed by atoms with Crippen LogP contribution >= 0.6 is 34.8 Å². The average Bonchev–Trinajstić information content (AvgIpc) is 3.52. The number of likely N-dealkylation sites (tertiary alicyclic amines) is 2. The highest BCUT2D eigenvalue weighted by Crippen LogP contribution is 2.39. The largest absolute Gasteiger partial charge is 0.370 e. The molecule has 2 fully saturated rings. The van der Waals surface area contributed by atoms with Crippen molar-refractivity contribution in [3.05, 3.63) is 74.9 Å². The lowest BCUT2D eigenvalue weighted by atomic mass is 9.84. The number of alkyl halides is 2. The van der Waals surface area contributed by atoms with E-state index in [1.807, 2.05) is 4.57 Å². The van der Waals surface area contributed by atoms with E-state index < -0.39 is 29.8 Å². The van der Waals surface area contributed by atoms with Gasteiger partial charge in [0.25, 0.3) is 11.8 Å². The minimum Gasteiger partial charge on any atom is -0.370 e. The van der Waals surface area contributed by atoms with Crippen LogP contribution < -0.4 is 11.5 Å². The van der Waals surface area contributed by atoms with E-state index in [4.69, 9.17) is 46.3 Å². The molecule has 43 heavy (non-hydrogen) atoms. The van der Waals surface area contributed by atoms with E-state index in [1.54, 1.807) is 53.4 Å². The molecule has 13 heteroatoms. The molecule has 0 atom stereocenters. The fourth-order valence-corrected chi connectivity index (χ4v) is 6.71. The minimum absolute atomic E-state index is 0.0281. The first kappa shape index (κ1) is 31.3. The Balaban J connectivity index is 1.56. The Morgan fingerprint density at radius 1 is 0.860 bits per heavy atom. The fraction of sp³-hybridized carbons (Fsp3) is 0.367. The van der Waals surface area contributed by atoms with Gasteiger partial charge in [-0.1, -0.05) is 34.8 Å². The van der Waals surface area contributed by atoms with Gasteiger partial charge in [0.15, 0.2) is 0 Å². The van der Waals surface area contributed by atoms with Crippen LogP contribution in [-0.4, -0.2) is 69.7 Å². The van der Waals surface area contributed by atoms with Crippen LogP contribution in [0.4, 0.5) is 8.78 Å². The van der Waals surface area contributed by atoms with Crippen LogP contribution in [-0.2, 0) is 16.0 Å². The Morgan fingerprint density at radius 2 is 1.51 bits per heavy atom. The van der Waals surface area contributed by atoms with Crippen LogP contribution in [0.15, 0.2) is 48.5 Å². The van der Waals surface area contributed by atoms with Crippen molar-refractivity contribution in [1.29, 1.82) is 0 Å². The van der Waals surface area contributed by atoms with Crippen LogP contribution in [0.5, 0.6) is 0 Å². The summed E-state index contributed by atoms with van der Waals surface area (Å²) in [5.74, 6) is -4.45. The first-order valence-corrected chi connectivity index (χ1v) is 14.9. The molecule has 228 valence electrons. The Labute approximate surface area is 262 Å². The molecule has 2 saturated heterocycles. The van der Waals surface area contributed by atoms with Gasteiger partial charge in [0.05, 0.1) is 22.8 Å². The number of amides is 3. The molecular weight excluding hydrogens is 623 g/mol. The summed E-state index contributed by atoms with van der Waals surface area (Å²) in [6, 6.07) is 13.7. The molecule has 0 bridgehead atoms. The number of rotatable bonds is 8. The number of nitrogens with zero attached hydrogens (tertiary/aromatic N) is 3. The number of piperidine rings is 1. The molecule has 4 N–H and O–H groups in total. The summed E-state index contributed by atoms with van der Waals surface area (Å²) in [6.07, 6.45) is 0.0109. The molecule has 3 heterocycles. The summed E-state index contributed by atoms with van der Waals surface area (Å²) in [4.78, 5) is 41.7. The second kappa shape index (κ2) is 12.1. The van der Waals surface area contributed by atoms with Gasteiger partial charge in [0.1, 0.15) is 5.54 Å². The number of aromatic nitrogens is 1. The van der Waals surface area contributed by atoms with Crippen molar-refractivity contribution >= 4 is 52.5 Å². The summed E-state index contributed by atoms with van der Waals surface area (Å²) in [5, 5.41) is 1.30. The number of halogens is 5. The standard InChI is InChI=1S/C30H30Cl3F2N5O3/c31-18-1-4-20(5-2-18)40-24(7-8-26(36)41)22(16-25(40)21-6-3-19(32)15-23(21)33)27(42)38-12-9-29(10-13-38,28(37)43)39-14-11-30(34,35)17-39/h1-6,15-16H,7-14,17H2,(H2,36,41)(H2,37,43). The van der Waals surface area contributed by atoms with Crippen LogP contribution in [0.3, 0.4) is 0 Å². The highest BCUT2D eigenvalue weighted by molar-refractivity contribution is 6.36. The van der Waals surface area contributed by atoms with Gasteiger partial charge in [-0.25, -0.2) is 8.78 Å². The highest BCUT2D eigenvalue weighted by Gasteiger charge is 2.52. The first-order valence-electron chi connectivity index (χ1n) is 13.8. The Bertz CT molecular complexity index is 1570. The van der Waals surface area contributed by atoms with Crippen molar-refractivity contribution in [2.75, 3.05) is 26.2 Å². The van der Waals surface area contributed by atoms with Crippen molar-refractivity contribution in [1.82, 2.24) is 14.4 Å². The monoisotopic (exact) mass is 651 g/mol. The second-order valence-corrected chi connectivity index (χ2v) is 12.3. The van der Waals surface area contributed by atoms with Crippen molar-refractivity contribution in [3.8, 4) is 16.9 Å². The van der Waals surface area contributed by atoms with E-state index in [9.17, 15) is 23.2 Å². The minimum atomic E-state index is -2.89. The van der Waals surface area contributed by atoms with Gasteiger partial charge < -0.3 is 20.9 Å². The zero-order valence-electron chi connectivity index (χ0n) is 23.1. The quantitative estimate of drug-likeness (QED) is 0.343. The maximum atomic E-state index is 14.2. The summed E-state index contributed by atoms with van der Waals surface area (Å²) in [7, 11) is 0. The maximum Gasteiger partial charge on any atom is 0.261 e. The summed E-state index contributed by atoms with van der Waals surface area (Å²) < 4.78 is 30.0.